The van der Waals surface area contributed by atoms with Gasteiger partial charge in [0.05, 0.1) is 0 Å². The minimum absolute atomic E-state index is 0.454. The summed E-state index contributed by atoms with van der Waals surface area (Å²) >= 11 is 0. The van der Waals surface area contributed by atoms with Crippen LogP contribution in [0.15, 0.2) is 24.3 Å². The molecule has 1 fully saturated rings. The van der Waals surface area contributed by atoms with Crippen molar-refractivity contribution in [2.24, 2.45) is 0 Å². The van der Waals surface area contributed by atoms with Gasteiger partial charge in [-0.25, -0.2) is 0 Å². The van der Waals surface area contributed by atoms with Crippen LogP contribution in [-0.2, 0) is 4.43 Å². The summed E-state index contributed by atoms with van der Waals surface area (Å²) in [6.07, 6.45) is 3.02. The van der Waals surface area contributed by atoms with Crippen LogP contribution in [0.2, 0.25) is 12.6 Å². The first-order valence-electron chi connectivity index (χ1n) is 5.86. The third-order valence-electron chi connectivity index (χ3n) is 3.44. The van der Waals surface area contributed by atoms with Crippen molar-refractivity contribution in [2.75, 3.05) is 0 Å². The van der Waals surface area contributed by atoms with Crippen molar-refractivity contribution in [2.45, 2.75) is 45.4 Å². The van der Waals surface area contributed by atoms with Gasteiger partial charge in [0.2, 0.25) is 8.32 Å². The Hall–Kier alpha value is -0.603. The summed E-state index contributed by atoms with van der Waals surface area (Å²) in [6.45, 7) is 6.78. The molecule has 2 unspecified atom stereocenters. The molecule has 2 atom stereocenters. The highest BCUT2D eigenvalue weighted by Crippen LogP contribution is 2.26. The second-order valence-corrected chi connectivity index (χ2v) is 8.60. The van der Waals surface area contributed by atoms with E-state index in [1.54, 1.807) is 0 Å². The van der Waals surface area contributed by atoms with Crippen LogP contribution in [0.25, 0.3) is 0 Å². The molecule has 1 aliphatic heterocycles. The lowest BCUT2D eigenvalue weighted by molar-refractivity contribution is 0.183. The van der Waals surface area contributed by atoms with Gasteiger partial charge < -0.3 is 4.43 Å². The molecule has 0 aliphatic carbocycles. The normalized spacial score (nSPS) is 31.5. The fraction of sp³-hybridized carbons (Fsp3) is 0.538. The number of benzene rings is 1. The van der Waals surface area contributed by atoms with E-state index >= 15 is 0 Å². The second-order valence-electron chi connectivity index (χ2n) is 4.87. The molecule has 0 spiro atoms. The SMILES string of the molecule is Cc1ccccc1[Si]1(C)CCCC(C)O1. The van der Waals surface area contributed by atoms with E-state index in [1.807, 2.05) is 0 Å². The molecule has 1 aromatic rings. The lowest BCUT2D eigenvalue weighted by Crippen LogP contribution is -2.53. The molecule has 0 radical (unpaired) electrons. The maximum Gasteiger partial charge on any atom is 0.221 e. The molecule has 0 saturated carbocycles. The zero-order valence-corrected chi connectivity index (χ0v) is 10.9. The van der Waals surface area contributed by atoms with Gasteiger partial charge >= 0.3 is 0 Å². The minimum atomic E-state index is -1.62. The van der Waals surface area contributed by atoms with Crippen LogP contribution in [0.1, 0.15) is 25.3 Å². The van der Waals surface area contributed by atoms with E-state index in [4.69, 9.17) is 4.43 Å². The van der Waals surface area contributed by atoms with Crippen molar-refractivity contribution in [1.29, 1.82) is 0 Å². The average Bonchev–Trinajstić information content (AvgIpc) is 2.17. The van der Waals surface area contributed by atoms with Crippen LogP contribution in [0, 0.1) is 6.92 Å². The van der Waals surface area contributed by atoms with Crippen LogP contribution in [-0.4, -0.2) is 14.4 Å². The number of hydrogen-bond acceptors (Lipinski definition) is 1. The smallest absolute Gasteiger partial charge is 0.221 e. The van der Waals surface area contributed by atoms with Gasteiger partial charge in [0.25, 0.3) is 0 Å². The zero-order valence-electron chi connectivity index (χ0n) is 9.92. The van der Waals surface area contributed by atoms with Gasteiger partial charge in [0.1, 0.15) is 0 Å². The standard InChI is InChI=1S/C13H20OSi/c1-11-7-4-5-9-13(11)15(3)10-6-8-12(2)14-15/h4-5,7,9,12H,6,8,10H2,1-3H3. The first kappa shape index (κ1) is 10.9. The largest absolute Gasteiger partial charge is 0.410 e. The van der Waals surface area contributed by atoms with Crippen molar-refractivity contribution in [3.8, 4) is 0 Å². The Morgan fingerprint density at radius 1 is 1.33 bits per heavy atom. The molecule has 0 N–H and O–H groups in total. The first-order valence-corrected chi connectivity index (χ1v) is 8.47. The fourth-order valence-electron chi connectivity index (χ4n) is 2.65. The van der Waals surface area contributed by atoms with Crippen LogP contribution < -0.4 is 5.19 Å². The maximum absolute atomic E-state index is 6.28. The minimum Gasteiger partial charge on any atom is -0.410 e. The van der Waals surface area contributed by atoms with E-state index in [0.29, 0.717) is 6.10 Å². The topological polar surface area (TPSA) is 9.23 Å². The average molecular weight is 220 g/mol. The number of aryl methyl sites for hydroxylation is 1. The van der Waals surface area contributed by atoms with Gasteiger partial charge in [-0.05, 0) is 43.6 Å². The van der Waals surface area contributed by atoms with Crippen LogP contribution in [0.5, 0.6) is 0 Å². The molecule has 82 valence electrons. The molecule has 15 heavy (non-hydrogen) atoms. The third kappa shape index (κ3) is 2.16. The van der Waals surface area contributed by atoms with Crippen LogP contribution in [0.4, 0.5) is 0 Å². The van der Waals surface area contributed by atoms with Gasteiger partial charge in [-0.3, -0.25) is 0 Å². The Labute approximate surface area is 93.6 Å². The fourth-order valence-corrected chi connectivity index (χ4v) is 6.42. The van der Waals surface area contributed by atoms with Gasteiger partial charge in [-0.15, -0.1) is 0 Å². The Morgan fingerprint density at radius 2 is 2.07 bits per heavy atom. The highest BCUT2D eigenvalue weighted by molar-refractivity contribution is 6.86. The quantitative estimate of drug-likeness (QED) is 0.661. The van der Waals surface area contributed by atoms with Crippen molar-refractivity contribution in [3.05, 3.63) is 29.8 Å². The molecule has 2 rings (SSSR count). The Kier molecular flexibility index (Phi) is 2.98. The lowest BCUT2D eigenvalue weighted by atomic mass is 10.2. The van der Waals surface area contributed by atoms with E-state index in [0.717, 1.165) is 0 Å². The molecule has 1 heterocycles. The van der Waals surface area contributed by atoms with E-state index in [-0.39, 0.29) is 0 Å². The van der Waals surface area contributed by atoms with E-state index in [1.165, 1.54) is 29.6 Å². The van der Waals surface area contributed by atoms with Crippen molar-refractivity contribution in [3.63, 3.8) is 0 Å². The Morgan fingerprint density at radius 3 is 2.73 bits per heavy atom. The summed E-state index contributed by atoms with van der Waals surface area (Å²) in [6, 6.07) is 10.0. The Bertz CT molecular complexity index is 350. The predicted octanol–water partition coefficient (Wildman–Crippen LogP) is 2.98. The van der Waals surface area contributed by atoms with E-state index in [2.05, 4.69) is 44.7 Å². The summed E-state index contributed by atoms with van der Waals surface area (Å²) in [5, 5.41) is 1.50. The number of hydrogen-bond donors (Lipinski definition) is 0. The summed E-state index contributed by atoms with van der Waals surface area (Å²) in [7, 11) is -1.62. The second kappa shape index (κ2) is 4.10. The highest BCUT2D eigenvalue weighted by atomic mass is 28.4. The van der Waals surface area contributed by atoms with Gasteiger partial charge in [0.15, 0.2) is 0 Å². The highest BCUT2D eigenvalue weighted by Gasteiger charge is 2.36. The number of rotatable bonds is 1. The molecule has 0 aromatic heterocycles. The lowest BCUT2D eigenvalue weighted by Gasteiger charge is -2.36. The maximum atomic E-state index is 6.28. The third-order valence-corrected chi connectivity index (χ3v) is 7.37. The summed E-state index contributed by atoms with van der Waals surface area (Å²) in [5.74, 6) is 0. The predicted molar refractivity (Wildman–Crippen MR) is 67.0 cm³/mol. The molecule has 1 aliphatic rings. The molecule has 0 amide bonds. The van der Waals surface area contributed by atoms with Crippen LogP contribution in [0.3, 0.4) is 0 Å². The Balaban J connectivity index is 2.32. The van der Waals surface area contributed by atoms with Crippen molar-refractivity contribution in [1.82, 2.24) is 0 Å². The van der Waals surface area contributed by atoms with Gasteiger partial charge in [-0.2, -0.15) is 0 Å². The summed E-state index contributed by atoms with van der Waals surface area (Å²) < 4.78 is 6.28. The molecular formula is C13H20OSi. The summed E-state index contributed by atoms with van der Waals surface area (Å²) in [5.41, 5.74) is 1.40. The first-order chi connectivity index (χ1) is 7.12. The van der Waals surface area contributed by atoms with Gasteiger partial charge in [0, 0.05) is 6.10 Å². The monoisotopic (exact) mass is 220 g/mol. The molecule has 0 bridgehead atoms. The summed E-state index contributed by atoms with van der Waals surface area (Å²) in [4.78, 5) is 0. The molecular weight excluding hydrogens is 200 g/mol. The van der Waals surface area contributed by atoms with Crippen LogP contribution >= 0.6 is 0 Å². The van der Waals surface area contributed by atoms with E-state index < -0.39 is 8.32 Å². The van der Waals surface area contributed by atoms with Crippen molar-refractivity contribution < 1.29 is 4.43 Å². The molecule has 1 nitrogen and oxygen atoms in total. The van der Waals surface area contributed by atoms with Gasteiger partial charge in [-0.1, -0.05) is 30.7 Å². The molecule has 1 aromatic carbocycles. The zero-order chi connectivity index (χ0) is 10.9. The molecule has 2 heteroatoms. The van der Waals surface area contributed by atoms with E-state index in [9.17, 15) is 0 Å². The molecule has 1 saturated heterocycles. The van der Waals surface area contributed by atoms with Crippen molar-refractivity contribution >= 4 is 13.5 Å².